The average molecular weight is 335 g/mol. The van der Waals surface area contributed by atoms with E-state index in [-0.39, 0.29) is 24.9 Å². The van der Waals surface area contributed by atoms with E-state index in [1.807, 2.05) is 4.90 Å². The molecule has 1 N–H and O–H groups in total. The molecule has 0 spiro atoms. The van der Waals surface area contributed by atoms with Crippen LogP contribution in [-0.2, 0) is 17.8 Å². The molecule has 1 atom stereocenters. The summed E-state index contributed by atoms with van der Waals surface area (Å²) in [6.45, 7) is 10.0. The van der Waals surface area contributed by atoms with Crippen LogP contribution in [0.15, 0.2) is 0 Å². The van der Waals surface area contributed by atoms with Crippen molar-refractivity contribution in [3.8, 4) is 0 Å². The number of amides is 1. The third-order valence-electron chi connectivity index (χ3n) is 5.00. The van der Waals surface area contributed by atoms with Crippen LogP contribution in [0.1, 0.15) is 44.3 Å². The summed E-state index contributed by atoms with van der Waals surface area (Å²) in [5.74, 6) is 3.10. The number of aliphatic hydroxyl groups is 1. The summed E-state index contributed by atoms with van der Waals surface area (Å²) in [6.07, 6.45) is 2.10. The first-order chi connectivity index (χ1) is 11.6. The molecule has 2 aliphatic rings. The lowest BCUT2D eigenvalue weighted by molar-refractivity contribution is -0.130. The summed E-state index contributed by atoms with van der Waals surface area (Å²) < 4.78 is 2.28. The number of fused-ring (bicyclic) bond motifs is 1. The Morgan fingerprint density at radius 2 is 2.08 bits per heavy atom. The van der Waals surface area contributed by atoms with E-state index in [1.165, 1.54) is 0 Å². The largest absolute Gasteiger partial charge is 0.396 e. The summed E-state index contributed by atoms with van der Waals surface area (Å²) in [5, 5.41) is 17.8. The number of carbonyl (C=O) groups is 1. The average Bonchev–Trinajstić information content (AvgIpc) is 3.12. The Kier molecular flexibility index (Phi) is 5.50. The molecule has 7 nitrogen and oxygen atoms in total. The second kappa shape index (κ2) is 7.61. The van der Waals surface area contributed by atoms with Crippen molar-refractivity contribution in [3.05, 3.63) is 11.6 Å². The van der Waals surface area contributed by atoms with E-state index in [2.05, 4.69) is 33.5 Å². The van der Waals surface area contributed by atoms with E-state index < -0.39 is 0 Å². The number of hydrogen-bond donors (Lipinski definition) is 1. The van der Waals surface area contributed by atoms with Gasteiger partial charge >= 0.3 is 0 Å². The molecule has 24 heavy (non-hydrogen) atoms. The van der Waals surface area contributed by atoms with Crippen LogP contribution in [0, 0.1) is 5.92 Å². The zero-order chi connectivity index (χ0) is 17.1. The van der Waals surface area contributed by atoms with Gasteiger partial charge in [-0.3, -0.25) is 4.79 Å². The molecule has 1 aromatic heterocycles. The predicted molar refractivity (Wildman–Crippen MR) is 90.6 cm³/mol. The smallest absolute Gasteiger partial charge is 0.224 e. The summed E-state index contributed by atoms with van der Waals surface area (Å²) >= 11 is 0. The van der Waals surface area contributed by atoms with Crippen LogP contribution in [0.2, 0.25) is 0 Å². The highest BCUT2D eigenvalue weighted by atomic mass is 16.3. The van der Waals surface area contributed by atoms with Gasteiger partial charge in [-0.1, -0.05) is 13.8 Å². The Morgan fingerprint density at radius 3 is 2.83 bits per heavy atom. The van der Waals surface area contributed by atoms with Crippen molar-refractivity contribution in [1.29, 1.82) is 0 Å². The Morgan fingerprint density at radius 1 is 1.25 bits per heavy atom. The van der Waals surface area contributed by atoms with Crippen LogP contribution in [0.25, 0.3) is 0 Å². The minimum absolute atomic E-state index is 0.0405. The van der Waals surface area contributed by atoms with Gasteiger partial charge in [0.2, 0.25) is 5.91 Å². The van der Waals surface area contributed by atoms with E-state index in [1.54, 1.807) is 0 Å². The van der Waals surface area contributed by atoms with E-state index >= 15 is 0 Å². The Hall–Kier alpha value is -1.47. The Bertz CT molecular complexity index is 571. The normalized spacial score (nSPS) is 22.0. The third-order valence-corrected chi connectivity index (χ3v) is 5.00. The summed E-state index contributed by atoms with van der Waals surface area (Å²) in [4.78, 5) is 16.3. The summed E-state index contributed by atoms with van der Waals surface area (Å²) in [7, 11) is 0. The maximum Gasteiger partial charge on any atom is 0.224 e. The van der Waals surface area contributed by atoms with Gasteiger partial charge < -0.3 is 19.5 Å². The Labute approximate surface area is 143 Å². The number of likely N-dealkylation sites (tertiary alicyclic amines) is 1. The van der Waals surface area contributed by atoms with Gasteiger partial charge in [-0.25, -0.2) is 0 Å². The topological polar surface area (TPSA) is 74.5 Å². The van der Waals surface area contributed by atoms with Gasteiger partial charge in [0.15, 0.2) is 0 Å². The van der Waals surface area contributed by atoms with Gasteiger partial charge in [0.1, 0.15) is 11.6 Å². The first-order valence-electron chi connectivity index (χ1n) is 9.11. The summed E-state index contributed by atoms with van der Waals surface area (Å²) in [5.41, 5.74) is 0. The maximum atomic E-state index is 12.0. The molecule has 1 amide bonds. The highest BCUT2D eigenvalue weighted by molar-refractivity contribution is 5.76. The minimum atomic E-state index is -0.0774. The highest BCUT2D eigenvalue weighted by Crippen LogP contribution is 2.27. The van der Waals surface area contributed by atoms with Crippen molar-refractivity contribution in [1.82, 2.24) is 24.6 Å². The molecular weight excluding hydrogens is 306 g/mol. The molecule has 0 radical (unpaired) electrons. The first kappa shape index (κ1) is 17.4. The molecule has 2 aliphatic heterocycles. The number of carbonyl (C=O) groups excluding carboxylic acids is 1. The SMILES string of the molecule is CC(C)CN1CCc2nnc(C3CCN(C(=O)CCO)C3)n2CC1. The molecule has 0 aliphatic carbocycles. The number of rotatable bonds is 5. The first-order valence-corrected chi connectivity index (χ1v) is 9.11. The number of aromatic nitrogens is 3. The van der Waals surface area contributed by atoms with Crippen molar-refractivity contribution in [2.24, 2.45) is 5.92 Å². The molecule has 3 heterocycles. The van der Waals surface area contributed by atoms with E-state index in [9.17, 15) is 4.79 Å². The molecule has 7 heteroatoms. The molecule has 0 saturated carbocycles. The van der Waals surface area contributed by atoms with Gasteiger partial charge in [-0.05, 0) is 12.3 Å². The molecule has 1 aromatic rings. The molecule has 1 unspecified atom stereocenters. The minimum Gasteiger partial charge on any atom is -0.396 e. The van der Waals surface area contributed by atoms with Gasteiger partial charge in [0, 0.05) is 58.0 Å². The van der Waals surface area contributed by atoms with Crippen molar-refractivity contribution in [2.75, 3.05) is 39.3 Å². The van der Waals surface area contributed by atoms with E-state index in [0.29, 0.717) is 12.5 Å². The fourth-order valence-corrected chi connectivity index (χ4v) is 3.84. The van der Waals surface area contributed by atoms with Crippen molar-refractivity contribution >= 4 is 5.91 Å². The van der Waals surface area contributed by atoms with Crippen LogP contribution in [0.3, 0.4) is 0 Å². The monoisotopic (exact) mass is 335 g/mol. The fraction of sp³-hybridized carbons (Fsp3) is 0.824. The fourth-order valence-electron chi connectivity index (χ4n) is 3.84. The van der Waals surface area contributed by atoms with Gasteiger partial charge in [-0.15, -0.1) is 10.2 Å². The second-order valence-electron chi connectivity index (χ2n) is 7.37. The van der Waals surface area contributed by atoms with E-state index in [4.69, 9.17) is 5.11 Å². The standard InChI is InChI=1S/C17H29N5O2/c1-13(2)11-20-6-4-15-18-19-17(22(15)9-8-20)14-3-7-21(12-14)16(24)5-10-23/h13-14,23H,3-12H2,1-2H3. The van der Waals surface area contributed by atoms with Gasteiger partial charge in [-0.2, -0.15) is 0 Å². The molecule has 1 fully saturated rings. The van der Waals surface area contributed by atoms with Gasteiger partial charge in [0.25, 0.3) is 0 Å². The second-order valence-corrected chi connectivity index (χ2v) is 7.37. The molecular formula is C17H29N5O2. The number of nitrogens with zero attached hydrogens (tertiary/aromatic N) is 5. The van der Waals surface area contributed by atoms with Crippen molar-refractivity contribution in [3.63, 3.8) is 0 Å². The molecule has 134 valence electrons. The van der Waals surface area contributed by atoms with E-state index in [0.717, 1.165) is 57.2 Å². The zero-order valence-electron chi connectivity index (χ0n) is 14.8. The predicted octanol–water partition coefficient (Wildman–Crippen LogP) is 0.491. The van der Waals surface area contributed by atoms with Crippen LogP contribution in [0.5, 0.6) is 0 Å². The van der Waals surface area contributed by atoms with Crippen LogP contribution < -0.4 is 0 Å². The zero-order valence-corrected chi connectivity index (χ0v) is 14.8. The quantitative estimate of drug-likeness (QED) is 0.848. The highest BCUT2D eigenvalue weighted by Gasteiger charge is 2.31. The van der Waals surface area contributed by atoms with Crippen molar-refractivity contribution in [2.45, 2.75) is 45.6 Å². The lowest BCUT2D eigenvalue weighted by atomic mass is 10.1. The number of hydrogen-bond acceptors (Lipinski definition) is 5. The van der Waals surface area contributed by atoms with Crippen LogP contribution in [0.4, 0.5) is 0 Å². The maximum absolute atomic E-state index is 12.0. The summed E-state index contributed by atoms with van der Waals surface area (Å²) in [6, 6.07) is 0. The molecule has 0 aromatic carbocycles. The Balaban J connectivity index is 1.66. The van der Waals surface area contributed by atoms with Crippen LogP contribution in [-0.4, -0.2) is 74.9 Å². The lowest BCUT2D eigenvalue weighted by Crippen LogP contribution is -2.31. The van der Waals surface area contributed by atoms with Crippen molar-refractivity contribution < 1.29 is 9.90 Å². The molecule has 0 bridgehead atoms. The van der Waals surface area contributed by atoms with Crippen LogP contribution >= 0.6 is 0 Å². The molecule has 1 saturated heterocycles. The van der Waals surface area contributed by atoms with Gasteiger partial charge in [0.05, 0.1) is 6.61 Å². The lowest BCUT2D eigenvalue weighted by Gasteiger charge is -2.21. The number of aliphatic hydroxyl groups excluding tert-OH is 1. The molecule has 3 rings (SSSR count). The third kappa shape index (κ3) is 3.78.